The summed E-state index contributed by atoms with van der Waals surface area (Å²) in [7, 11) is -3.62. The molecule has 26 heavy (non-hydrogen) atoms. The second-order valence-electron chi connectivity index (χ2n) is 7.08. The van der Waals surface area contributed by atoms with Crippen molar-refractivity contribution in [2.24, 2.45) is 0 Å². The number of amides is 1. The molecule has 0 spiro atoms. The van der Waals surface area contributed by atoms with Crippen molar-refractivity contribution in [3.8, 4) is 0 Å². The Labute approximate surface area is 155 Å². The van der Waals surface area contributed by atoms with Gasteiger partial charge in [0.2, 0.25) is 15.9 Å². The second kappa shape index (κ2) is 7.21. The Morgan fingerprint density at radius 3 is 2.54 bits per heavy atom. The molecule has 1 amide bonds. The molecule has 1 atom stereocenters. The Kier molecular flexibility index (Phi) is 5.16. The van der Waals surface area contributed by atoms with Gasteiger partial charge in [0.1, 0.15) is 0 Å². The highest BCUT2D eigenvalue weighted by atomic mass is 32.2. The molecule has 3 rings (SSSR count). The van der Waals surface area contributed by atoms with Crippen LogP contribution >= 0.6 is 0 Å². The van der Waals surface area contributed by atoms with Crippen LogP contribution in [0.25, 0.3) is 0 Å². The molecular formula is C20H24N2O3S. The van der Waals surface area contributed by atoms with Gasteiger partial charge in [-0.3, -0.25) is 4.79 Å². The number of carbonyl (C=O) groups excluding carboxylic acids is 1. The van der Waals surface area contributed by atoms with Gasteiger partial charge in [0.15, 0.2) is 0 Å². The lowest BCUT2D eigenvalue weighted by molar-refractivity contribution is -0.114. The number of carbonyl (C=O) groups is 1. The monoisotopic (exact) mass is 372 g/mol. The SMILES string of the molecule is CC(=O)Nc1cccc(S(=O)(=O)N2CCC[C@@](C)(c3ccccc3)C2)c1. The fourth-order valence-electron chi connectivity index (χ4n) is 3.56. The van der Waals surface area contributed by atoms with Gasteiger partial charge in [0.05, 0.1) is 4.90 Å². The number of nitrogens with zero attached hydrogens (tertiary/aromatic N) is 1. The van der Waals surface area contributed by atoms with Crippen molar-refractivity contribution in [2.75, 3.05) is 18.4 Å². The summed E-state index contributed by atoms with van der Waals surface area (Å²) in [6, 6.07) is 16.5. The Morgan fingerprint density at radius 2 is 1.85 bits per heavy atom. The molecule has 0 aliphatic carbocycles. The summed E-state index contributed by atoms with van der Waals surface area (Å²) in [5, 5.41) is 2.64. The molecule has 1 N–H and O–H groups in total. The summed E-state index contributed by atoms with van der Waals surface area (Å²) >= 11 is 0. The molecule has 6 heteroatoms. The highest BCUT2D eigenvalue weighted by Crippen LogP contribution is 2.36. The minimum Gasteiger partial charge on any atom is -0.326 e. The summed E-state index contributed by atoms with van der Waals surface area (Å²) < 4.78 is 27.9. The van der Waals surface area contributed by atoms with Gasteiger partial charge in [-0.2, -0.15) is 4.31 Å². The van der Waals surface area contributed by atoms with Crippen molar-refractivity contribution < 1.29 is 13.2 Å². The smallest absolute Gasteiger partial charge is 0.243 e. The van der Waals surface area contributed by atoms with Crippen LogP contribution in [0.1, 0.15) is 32.3 Å². The Balaban J connectivity index is 1.89. The fourth-order valence-corrected chi connectivity index (χ4v) is 5.21. The van der Waals surface area contributed by atoms with Gasteiger partial charge in [-0.1, -0.05) is 43.3 Å². The molecule has 1 fully saturated rings. The van der Waals surface area contributed by atoms with E-state index >= 15 is 0 Å². The summed E-state index contributed by atoms with van der Waals surface area (Å²) in [6.45, 7) is 4.48. The summed E-state index contributed by atoms with van der Waals surface area (Å²) in [5.41, 5.74) is 1.44. The first kappa shape index (κ1) is 18.6. The van der Waals surface area contributed by atoms with Crippen molar-refractivity contribution in [1.29, 1.82) is 0 Å². The molecule has 1 saturated heterocycles. The number of sulfonamides is 1. The summed E-state index contributed by atoms with van der Waals surface area (Å²) in [4.78, 5) is 11.5. The topological polar surface area (TPSA) is 66.5 Å². The van der Waals surface area contributed by atoms with Crippen LogP contribution in [-0.4, -0.2) is 31.7 Å². The molecule has 0 aromatic heterocycles. The van der Waals surface area contributed by atoms with Gasteiger partial charge in [-0.05, 0) is 36.6 Å². The van der Waals surface area contributed by atoms with Gasteiger partial charge in [0, 0.05) is 31.1 Å². The average Bonchev–Trinajstić information content (AvgIpc) is 2.62. The quantitative estimate of drug-likeness (QED) is 0.895. The van der Waals surface area contributed by atoms with Gasteiger partial charge in [-0.25, -0.2) is 8.42 Å². The predicted molar refractivity (Wildman–Crippen MR) is 103 cm³/mol. The van der Waals surface area contributed by atoms with Crippen LogP contribution in [0.4, 0.5) is 5.69 Å². The molecular weight excluding hydrogens is 348 g/mol. The zero-order valence-corrected chi connectivity index (χ0v) is 15.9. The molecule has 2 aromatic rings. The maximum absolute atomic E-state index is 13.2. The number of anilines is 1. The zero-order valence-electron chi connectivity index (χ0n) is 15.1. The van der Waals surface area contributed by atoms with Gasteiger partial charge >= 0.3 is 0 Å². The number of piperidine rings is 1. The third-order valence-electron chi connectivity index (χ3n) is 4.92. The van der Waals surface area contributed by atoms with Crippen LogP contribution in [-0.2, 0) is 20.2 Å². The highest BCUT2D eigenvalue weighted by molar-refractivity contribution is 7.89. The third-order valence-corrected chi connectivity index (χ3v) is 6.77. The van der Waals surface area contributed by atoms with Crippen LogP contribution in [0, 0.1) is 0 Å². The van der Waals surface area contributed by atoms with Crippen LogP contribution in [0.5, 0.6) is 0 Å². The normalized spacial score (nSPS) is 21.3. The molecule has 138 valence electrons. The van der Waals surface area contributed by atoms with E-state index in [1.807, 2.05) is 18.2 Å². The molecule has 0 radical (unpaired) electrons. The molecule has 0 bridgehead atoms. The van der Waals surface area contributed by atoms with Crippen molar-refractivity contribution in [1.82, 2.24) is 4.31 Å². The molecule has 2 aromatic carbocycles. The van der Waals surface area contributed by atoms with E-state index in [2.05, 4.69) is 24.4 Å². The number of benzene rings is 2. The van der Waals surface area contributed by atoms with E-state index in [-0.39, 0.29) is 16.2 Å². The number of hydrogen-bond acceptors (Lipinski definition) is 3. The van der Waals surface area contributed by atoms with Crippen molar-refractivity contribution in [2.45, 2.75) is 37.0 Å². The maximum atomic E-state index is 13.2. The lowest BCUT2D eigenvalue weighted by Gasteiger charge is -2.40. The molecule has 0 unspecified atom stereocenters. The molecule has 1 heterocycles. The number of hydrogen-bond donors (Lipinski definition) is 1. The van der Waals surface area contributed by atoms with E-state index in [0.29, 0.717) is 18.8 Å². The lowest BCUT2D eigenvalue weighted by atomic mass is 9.77. The number of rotatable bonds is 4. The third kappa shape index (κ3) is 3.81. The van der Waals surface area contributed by atoms with Crippen molar-refractivity contribution >= 4 is 21.6 Å². The van der Waals surface area contributed by atoms with Crippen LogP contribution in [0.3, 0.4) is 0 Å². The minimum absolute atomic E-state index is 0.207. The van der Waals surface area contributed by atoms with Gasteiger partial charge in [0.25, 0.3) is 0 Å². The lowest BCUT2D eigenvalue weighted by Crippen LogP contribution is -2.46. The molecule has 0 saturated carbocycles. The van der Waals surface area contributed by atoms with Crippen molar-refractivity contribution in [3.05, 3.63) is 60.2 Å². The van der Waals surface area contributed by atoms with E-state index < -0.39 is 10.0 Å². The highest BCUT2D eigenvalue weighted by Gasteiger charge is 2.38. The minimum atomic E-state index is -3.62. The fraction of sp³-hybridized carbons (Fsp3) is 0.350. The van der Waals surface area contributed by atoms with Gasteiger partial charge in [-0.15, -0.1) is 0 Å². The van der Waals surface area contributed by atoms with E-state index in [0.717, 1.165) is 18.4 Å². The maximum Gasteiger partial charge on any atom is 0.243 e. The van der Waals surface area contributed by atoms with E-state index in [4.69, 9.17) is 0 Å². The average molecular weight is 372 g/mol. The predicted octanol–water partition coefficient (Wildman–Crippen LogP) is 3.39. The van der Waals surface area contributed by atoms with Gasteiger partial charge < -0.3 is 5.32 Å². The van der Waals surface area contributed by atoms with Crippen molar-refractivity contribution in [3.63, 3.8) is 0 Å². The second-order valence-corrected chi connectivity index (χ2v) is 9.02. The number of nitrogens with one attached hydrogen (secondary N) is 1. The largest absolute Gasteiger partial charge is 0.326 e. The molecule has 5 nitrogen and oxygen atoms in total. The van der Waals surface area contributed by atoms with E-state index in [1.165, 1.54) is 13.0 Å². The first-order chi connectivity index (χ1) is 12.3. The molecule has 1 aliphatic rings. The first-order valence-corrected chi connectivity index (χ1v) is 10.2. The summed E-state index contributed by atoms with van der Waals surface area (Å²) in [6.07, 6.45) is 1.77. The zero-order chi connectivity index (χ0) is 18.8. The Hall–Kier alpha value is -2.18. The first-order valence-electron chi connectivity index (χ1n) is 8.75. The Bertz CT molecular complexity index is 896. The van der Waals surface area contributed by atoms with Crippen LogP contribution in [0.15, 0.2) is 59.5 Å². The van der Waals surface area contributed by atoms with E-state index in [1.54, 1.807) is 22.5 Å². The van der Waals surface area contributed by atoms with Crippen LogP contribution in [0.2, 0.25) is 0 Å². The standard InChI is InChI=1S/C20H24N2O3S/c1-16(23)21-18-10-6-11-19(14-18)26(24,25)22-13-7-12-20(2,15-22)17-8-4-3-5-9-17/h3-6,8-11,14H,7,12-13,15H2,1-2H3,(H,21,23)/t20-/m1/s1. The van der Waals surface area contributed by atoms with Crippen LogP contribution < -0.4 is 5.32 Å². The van der Waals surface area contributed by atoms with E-state index in [9.17, 15) is 13.2 Å². The molecule has 1 aliphatic heterocycles. The summed E-state index contributed by atoms with van der Waals surface area (Å²) in [5.74, 6) is -0.228. The Morgan fingerprint density at radius 1 is 1.12 bits per heavy atom.